The molecule has 2 N–H and O–H groups in total. The first-order valence-corrected chi connectivity index (χ1v) is 8.75. The largest absolute Gasteiger partial charge is 0.321 e. The molecule has 0 atom stereocenters. The van der Waals surface area contributed by atoms with Crippen LogP contribution in [0.1, 0.15) is 37.4 Å². The van der Waals surface area contributed by atoms with Crippen molar-refractivity contribution in [3.05, 3.63) is 94.8 Å². The van der Waals surface area contributed by atoms with Crippen LogP contribution in [0, 0.1) is 13.8 Å². The molecule has 0 fully saturated rings. The first kappa shape index (κ1) is 21.8. The zero-order chi connectivity index (χ0) is 19.9. The van der Waals surface area contributed by atoms with Gasteiger partial charge in [0, 0.05) is 12.4 Å². The van der Waals surface area contributed by atoms with E-state index in [1.165, 1.54) is 11.8 Å². The van der Waals surface area contributed by atoms with Crippen LogP contribution >= 0.6 is 12.4 Å². The number of amides is 2. The van der Waals surface area contributed by atoms with E-state index in [4.69, 9.17) is 0 Å². The van der Waals surface area contributed by atoms with Crippen LogP contribution < -0.4 is 10.7 Å². The van der Waals surface area contributed by atoms with Crippen LogP contribution in [0.2, 0.25) is 0 Å². The molecule has 29 heavy (non-hydrogen) atoms. The van der Waals surface area contributed by atoms with Gasteiger partial charge < -0.3 is 5.32 Å². The summed E-state index contributed by atoms with van der Waals surface area (Å²) in [4.78, 5) is 28.8. The number of aromatic nitrogens is 1. The molecule has 7 heteroatoms. The average Bonchev–Trinajstić information content (AvgIpc) is 2.71. The van der Waals surface area contributed by atoms with Crippen molar-refractivity contribution in [3.63, 3.8) is 0 Å². The van der Waals surface area contributed by atoms with Gasteiger partial charge in [-0.3, -0.25) is 14.6 Å². The molecule has 0 unspecified atom stereocenters. The summed E-state index contributed by atoms with van der Waals surface area (Å²) < 4.78 is 0. The number of para-hydroxylation sites is 1. The van der Waals surface area contributed by atoms with Crippen molar-refractivity contribution in [2.45, 2.75) is 13.8 Å². The molecule has 2 amide bonds. The van der Waals surface area contributed by atoms with Gasteiger partial charge in [-0.1, -0.05) is 30.3 Å². The molecular formula is C22H21ClN4O2. The maximum atomic E-state index is 12.5. The topological polar surface area (TPSA) is 83.5 Å². The molecule has 0 saturated carbocycles. The van der Waals surface area contributed by atoms with E-state index in [1.54, 1.807) is 48.8 Å². The highest BCUT2D eigenvalue weighted by molar-refractivity contribution is 6.08. The van der Waals surface area contributed by atoms with Crippen molar-refractivity contribution < 1.29 is 9.59 Å². The Balaban J connectivity index is 0.00000300. The van der Waals surface area contributed by atoms with E-state index in [9.17, 15) is 9.59 Å². The van der Waals surface area contributed by atoms with Gasteiger partial charge in [0.2, 0.25) is 0 Å². The lowest BCUT2D eigenvalue weighted by Crippen LogP contribution is -2.21. The summed E-state index contributed by atoms with van der Waals surface area (Å²) in [6.07, 6.45) is 4.64. The fraction of sp³-hybridized carbons (Fsp3) is 0.0909. The van der Waals surface area contributed by atoms with E-state index in [-0.39, 0.29) is 18.3 Å². The second-order valence-corrected chi connectivity index (χ2v) is 6.28. The third-order valence-electron chi connectivity index (χ3n) is 4.25. The van der Waals surface area contributed by atoms with Gasteiger partial charge in [-0.15, -0.1) is 12.4 Å². The molecule has 1 heterocycles. The highest BCUT2D eigenvalue weighted by Crippen LogP contribution is 2.16. The summed E-state index contributed by atoms with van der Waals surface area (Å²) in [5.74, 6) is -0.755. The number of benzene rings is 2. The number of hydrogen-bond acceptors (Lipinski definition) is 4. The third kappa shape index (κ3) is 5.73. The third-order valence-corrected chi connectivity index (χ3v) is 4.25. The molecule has 2 aromatic carbocycles. The number of hydrazone groups is 1. The zero-order valence-corrected chi connectivity index (χ0v) is 16.9. The summed E-state index contributed by atoms with van der Waals surface area (Å²) in [5, 5.41) is 6.76. The molecular weight excluding hydrogens is 388 g/mol. The number of carbonyl (C=O) groups excluding carboxylic acids is 2. The Morgan fingerprint density at radius 3 is 2.48 bits per heavy atom. The number of carbonyl (C=O) groups is 2. The van der Waals surface area contributed by atoms with Crippen molar-refractivity contribution >= 4 is 36.1 Å². The van der Waals surface area contributed by atoms with Gasteiger partial charge in [-0.05, 0) is 54.8 Å². The molecule has 0 aliphatic carbocycles. The van der Waals surface area contributed by atoms with E-state index in [1.807, 2.05) is 32.0 Å². The van der Waals surface area contributed by atoms with E-state index < -0.39 is 5.91 Å². The predicted molar refractivity (Wildman–Crippen MR) is 117 cm³/mol. The first-order valence-electron chi connectivity index (χ1n) is 8.75. The molecule has 148 valence electrons. The van der Waals surface area contributed by atoms with Crippen LogP contribution in [0.5, 0.6) is 0 Å². The van der Waals surface area contributed by atoms with E-state index in [0.29, 0.717) is 16.8 Å². The number of hydrogen-bond donors (Lipinski definition) is 2. The summed E-state index contributed by atoms with van der Waals surface area (Å²) in [5.41, 5.74) is 6.86. The van der Waals surface area contributed by atoms with E-state index >= 15 is 0 Å². The average molecular weight is 409 g/mol. The molecule has 0 saturated heterocycles. The lowest BCUT2D eigenvalue weighted by molar-refractivity contribution is 0.0956. The SMILES string of the molecule is Cc1ccc(/C=N/NC(=O)c2ccccc2NC(=O)c2cccnc2)cc1C.Cl. The molecule has 3 rings (SSSR count). The molecule has 3 aromatic rings. The Morgan fingerprint density at radius 2 is 1.76 bits per heavy atom. The van der Waals surface area contributed by atoms with E-state index in [2.05, 4.69) is 20.8 Å². The fourth-order valence-electron chi connectivity index (χ4n) is 2.55. The smallest absolute Gasteiger partial charge is 0.273 e. The quantitative estimate of drug-likeness (QED) is 0.491. The van der Waals surface area contributed by atoms with Gasteiger partial charge in [-0.2, -0.15) is 5.10 Å². The number of halogens is 1. The Morgan fingerprint density at radius 1 is 0.966 bits per heavy atom. The Labute approximate surface area is 175 Å². The van der Waals surface area contributed by atoms with Gasteiger partial charge in [0.25, 0.3) is 11.8 Å². The minimum atomic E-state index is -0.415. The van der Waals surface area contributed by atoms with Crippen molar-refractivity contribution in [2.24, 2.45) is 5.10 Å². The van der Waals surface area contributed by atoms with Crippen LogP contribution in [0.15, 0.2) is 72.1 Å². The lowest BCUT2D eigenvalue weighted by Gasteiger charge is -2.09. The second-order valence-electron chi connectivity index (χ2n) is 6.28. The Bertz CT molecular complexity index is 1040. The number of aryl methyl sites for hydroxylation is 2. The molecule has 0 radical (unpaired) electrons. The molecule has 6 nitrogen and oxygen atoms in total. The molecule has 0 spiro atoms. The highest BCUT2D eigenvalue weighted by atomic mass is 35.5. The number of nitrogens with zero attached hydrogens (tertiary/aromatic N) is 2. The monoisotopic (exact) mass is 408 g/mol. The standard InChI is InChI=1S/C22H20N4O2.ClH/c1-15-9-10-17(12-16(15)2)13-24-26-22(28)19-7-3-4-8-20(19)25-21(27)18-6-5-11-23-14-18;/h3-14H,1-2H3,(H,25,27)(H,26,28);1H/b24-13+;. The Hall–Kier alpha value is -3.51. The lowest BCUT2D eigenvalue weighted by atomic mass is 10.1. The predicted octanol–water partition coefficient (Wildman–Crippen LogP) is 4.14. The van der Waals surface area contributed by atoms with Gasteiger partial charge >= 0.3 is 0 Å². The van der Waals surface area contributed by atoms with Crippen LogP contribution in [0.3, 0.4) is 0 Å². The van der Waals surface area contributed by atoms with E-state index in [0.717, 1.165) is 11.1 Å². The number of rotatable bonds is 5. The van der Waals surface area contributed by atoms with Crippen LogP contribution in [-0.2, 0) is 0 Å². The maximum Gasteiger partial charge on any atom is 0.273 e. The van der Waals surface area contributed by atoms with Gasteiger partial charge in [0.15, 0.2) is 0 Å². The summed E-state index contributed by atoms with van der Waals surface area (Å²) >= 11 is 0. The van der Waals surface area contributed by atoms with Crippen LogP contribution in [-0.4, -0.2) is 23.0 Å². The van der Waals surface area contributed by atoms with Crippen molar-refractivity contribution in [1.29, 1.82) is 0 Å². The number of pyridine rings is 1. The summed E-state index contributed by atoms with van der Waals surface area (Å²) in [7, 11) is 0. The summed E-state index contributed by atoms with van der Waals surface area (Å²) in [6.45, 7) is 4.06. The number of nitrogens with one attached hydrogen (secondary N) is 2. The normalized spacial score (nSPS) is 10.3. The first-order chi connectivity index (χ1) is 13.5. The minimum Gasteiger partial charge on any atom is -0.321 e. The summed E-state index contributed by atoms with van der Waals surface area (Å²) in [6, 6.07) is 16.0. The Kier molecular flexibility index (Phi) is 7.62. The van der Waals surface area contributed by atoms with Gasteiger partial charge in [0.05, 0.1) is 23.0 Å². The van der Waals surface area contributed by atoms with Crippen molar-refractivity contribution in [1.82, 2.24) is 10.4 Å². The van der Waals surface area contributed by atoms with Crippen LogP contribution in [0.25, 0.3) is 0 Å². The van der Waals surface area contributed by atoms with Gasteiger partial charge in [0.1, 0.15) is 0 Å². The van der Waals surface area contributed by atoms with Crippen molar-refractivity contribution in [3.8, 4) is 0 Å². The molecule has 0 aliphatic rings. The van der Waals surface area contributed by atoms with Gasteiger partial charge in [-0.25, -0.2) is 5.43 Å². The van der Waals surface area contributed by atoms with Crippen molar-refractivity contribution in [2.75, 3.05) is 5.32 Å². The number of anilines is 1. The minimum absolute atomic E-state index is 0. The molecule has 0 aliphatic heterocycles. The fourth-order valence-corrected chi connectivity index (χ4v) is 2.55. The zero-order valence-electron chi connectivity index (χ0n) is 16.0. The highest BCUT2D eigenvalue weighted by Gasteiger charge is 2.13. The second kappa shape index (κ2) is 10.1. The molecule has 1 aromatic heterocycles. The molecule has 0 bridgehead atoms. The maximum absolute atomic E-state index is 12.5. The van der Waals surface area contributed by atoms with Crippen LogP contribution in [0.4, 0.5) is 5.69 Å².